The second kappa shape index (κ2) is 10.00. The quantitative estimate of drug-likeness (QED) is 0.759. The van der Waals surface area contributed by atoms with E-state index in [1.807, 2.05) is 24.3 Å². The zero-order valence-electron chi connectivity index (χ0n) is 16.5. The molecule has 0 amide bonds. The molecule has 0 spiro atoms. The molecule has 146 valence electrons. The van der Waals surface area contributed by atoms with Crippen LogP contribution in [-0.4, -0.2) is 31.6 Å². The molecule has 4 heteroatoms. The predicted molar refractivity (Wildman–Crippen MR) is 107 cm³/mol. The van der Waals surface area contributed by atoms with Crippen LogP contribution in [0.2, 0.25) is 0 Å². The maximum absolute atomic E-state index is 6.42. The van der Waals surface area contributed by atoms with E-state index in [1.165, 1.54) is 11.1 Å². The highest BCUT2D eigenvalue weighted by molar-refractivity contribution is 5.15. The summed E-state index contributed by atoms with van der Waals surface area (Å²) in [5, 5.41) is 3.63. The van der Waals surface area contributed by atoms with E-state index in [1.54, 1.807) is 7.11 Å². The Bertz CT molecular complexity index is 664. The minimum Gasteiger partial charge on any atom is -0.371 e. The van der Waals surface area contributed by atoms with Gasteiger partial charge in [0, 0.05) is 19.6 Å². The van der Waals surface area contributed by atoms with Gasteiger partial charge in [-0.1, -0.05) is 74.5 Å². The fourth-order valence-electron chi connectivity index (χ4n) is 3.81. The summed E-state index contributed by atoms with van der Waals surface area (Å²) in [6, 6.07) is 20.7. The summed E-state index contributed by atoms with van der Waals surface area (Å²) < 4.78 is 18.3. The van der Waals surface area contributed by atoms with E-state index in [2.05, 4.69) is 55.6 Å². The third kappa shape index (κ3) is 5.17. The van der Waals surface area contributed by atoms with Gasteiger partial charge in [-0.15, -0.1) is 0 Å². The normalized spacial score (nSPS) is 28.2. The predicted octanol–water partition coefficient (Wildman–Crippen LogP) is 4.15. The van der Waals surface area contributed by atoms with Crippen LogP contribution in [0, 0.1) is 5.92 Å². The van der Waals surface area contributed by atoms with Crippen molar-refractivity contribution in [2.24, 2.45) is 5.92 Å². The summed E-state index contributed by atoms with van der Waals surface area (Å²) >= 11 is 0. The largest absolute Gasteiger partial charge is 0.371 e. The van der Waals surface area contributed by atoms with Gasteiger partial charge in [0.1, 0.15) is 0 Å². The minimum absolute atomic E-state index is 0.0116. The smallest absolute Gasteiger partial charge is 0.175 e. The van der Waals surface area contributed by atoms with Crippen molar-refractivity contribution in [2.75, 3.05) is 7.11 Å². The Morgan fingerprint density at radius 1 is 0.963 bits per heavy atom. The first kappa shape index (κ1) is 20.0. The van der Waals surface area contributed by atoms with Gasteiger partial charge >= 0.3 is 0 Å². The highest BCUT2D eigenvalue weighted by atomic mass is 16.7. The molecule has 3 rings (SSSR count). The highest BCUT2D eigenvalue weighted by Gasteiger charge is 2.43. The van der Waals surface area contributed by atoms with Crippen molar-refractivity contribution in [1.82, 2.24) is 5.32 Å². The van der Waals surface area contributed by atoms with E-state index < -0.39 is 0 Å². The van der Waals surface area contributed by atoms with Crippen LogP contribution in [0.3, 0.4) is 0 Å². The summed E-state index contributed by atoms with van der Waals surface area (Å²) in [5.74, 6) is 0.276. The van der Waals surface area contributed by atoms with Crippen molar-refractivity contribution in [3.8, 4) is 0 Å². The average Bonchev–Trinajstić information content (AvgIpc) is 2.73. The molecule has 1 heterocycles. The minimum atomic E-state index is -0.323. The molecular weight excluding hydrogens is 338 g/mol. The van der Waals surface area contributed by atoms with Crippen molar-refractivity contribution in [1.29, 1.82) is 0 Å². The number of rotatable bonds is 8. The second-order valence-electron chi connectivity index (χ2n) is 7.20. The molecule has 2 aromatic carbocycles. The molecule has 0 saturated carbocycles. The van der Waals surface area contributed by atoms with E-state index in [0.717, 1.165) is 13.0 Å². The van der Waals surface area contributed by atoms with Gasteiger partial charge in [0.25, 0.3) is 0 Å². The van der Waals surface area contributed by atoms with E-state index in [-0.39, 0.29) is 30.5 Å². The van der Waals surface area contributed by atoms with Crippen molar-refractivity contribution >= 4 is 0 Å². The third-order valence-corrected chi connectivity index (χ3v) is 5.37. The van der Waals surface area contributed by atoms with Crippen LogP contribution in [-0.2, 0) is 27.4 Å². The molecule has 0 aromatic heterocycles. The van der Waals surface area contributed by atoms with Gasteiger partial charge in [0.05, 0.1) is 24.9 Å². The fourth-order valence-corrected chi connectivity index (χ4v) is 3.81. The van der Waals surface area contributed by atoms with Crippen LogP contribution in [0.25, 0.3) is 0 Å². The first-order valence-electron chi connectivity index (χ1n) is 9.84. The van der Waals surface area contributed by atoms with Crippen LogP contribution in [0.4, 0.5) is 0 Å². The molecule has 0 bridgehead atoms. The molecule has 0 aliphatic carbocycles. The molecule has 27 heavy (non-hydrogen) atoms. The second-order valence-corrected chi connectivity index (χ2v) is 7.20. The van der Waals surface area contributed by atoms with Crippen LogP contribution >= 0.6 is 0 Å². The Labute approximate surface area is 162 Å². The number of methoxy groups -OCH3 is 1. The molecule has 1 saturated heterocycles. The topological polar surface area (TPSA) is 39.7 Å². The standard InChI is InChI=1S/C23H31NO3/c1-4-20-17(2)22(26-16-19-13-9-6-10-14-19)21(23(25-3)27-20)24-15-18-11-7-5-8-12-18/h5-14,17,20-24H,4,15-16H2,1-3H3/t17-,20+,21-,22-,23+/m0/s1. The number of benzene rings is 2. The van der Waals surface area contributed by atoms with Crippen molar-refractivity contribution < 1.29 is 14.2 Å². The summed E-state index contributed by atoms with van der Waals surface area (Å²) in [4.78, 5) is 0. The lowest BCUT2D eigenvalue weighted by Gasteiger charge is -2.45. The Kier molecular flexibility index (Phi) is 7.41. The Morgan fingerprint density at radius 3 is 2.19 bits per heavy atom. The molecular formula is C23H31NO3. The van der Waals surface area contributed by atoms with Crippen LogP contribution < -0.4 is 5.32 Å². The molecule has 4 nitrogen and oxygen atoms in total. The molecule has 1 fully saturated rings. The molecule has 2 aromatic rings. The number of hydrogen-bond acceptors (Lipinski definition) is 4. The van der Waals surface area contributed by atoms with Gasteiger partial charge in [-0.2, -0.15) is 0 Å². The van der Waals surface area contributed by atoms with Crippen molar-refractivity contribution in [2.45, 2.75) is 58.0 Å². The third-order valence-electron chi connectivity index (χ3n) is 5.37. The van der Waals surface area contributed by atoms with Gasteiger partial charge < -0.3 is 19.5 Å². The molecule has 1 aliphatic heterocycles. The van der Waals surface area contributed by atoms with Crippen LogP contribution in [0.5, 0.6) is 0 Å². The number of nitrogens with one attached hydrogen (secondary N) is 1. The Hall–Kier alpha value is -1.72. The lowest BCUT2D eigenvalue weighted by Crippen LogP contribution is -2.60. The number of hydrogen-bond donors (Lipinski definition) is 1. The van der Waals surface area contributed by atoms with E-state index >= 15 is 0 Å². The van der Waals surface area contributed by atoms with E-state index in [4.69, 9.17) is 14.2 Å². The maximum Gasteiger partial charge on any atom is 0.175 e. The van der Waals surface area contributed by atoms with Gasteiger partial charge in [-0.05, 0) is 17.5 Å². The molecule has 0 radical (unpaired) electrons. The first-order valence-corrected chi connectivity index (χ1v) is 9.84. The highest BCUT2D eigenvalue weighted by Crippen LogP contribution is 2.31. The zero-order valence-corrected chi connectivity index (χ0v) is 16.5. The summed E-state index contributed by atoms with van der Waals surface area (Å²) in [5.41, 5.74) is 2.42. The monoisotopic (exact) mass is 369 g/mol. The average molecular weight is 370 g/mol. The zero-order chi connectivity index (χ0) is 19.1. The molecule has 0 unspecified atom stereocenters. The van der Waals surface area contributed by atoms with Gasteiger partial charge in [-0.25, -0.2) is 0 Å². The van der Waals surface area contributed by atoms with Gasteiger partial charge in [0.15, 0.2) is 6.29 Å². The van der Waals surface area contributed by atoms with Crippen molar-refractivity contribution in [3.63, 3.8) is 0 Å². The van der Waals surface area contributed by atoms with E-state index in [0.29, 0.717) is 6.61 Å². The fraction of sp³-hybridized carbons (Fsp3) is 0.478. The van der Waals surface area contributed by atoms with Crippen LogP contribution in [0.1, 0.15) is 31.4 Å². The van der Waals surface area contributed by atoms with Crippen molar-refractivity contribution in [3.05, 3.63) is 71.8 Å². The SMILES string of the molecule is CC[C@H]1O[C@@H](OC)[C@@H](NCc2ccccc2)[C@@H](OCc2ccccc2)[C@H]1C. The van der Waals surface area contributed by atoms with Crippen LogP contribution in [0.15, 0.2) is 60.7 Å². The molecule has 1 N–H and O–H groups in total. The Balaban J connectivity index is 1.73. The first-order chi connectivity index (χ1) is 13.2. The number of ether oxygens (including phenoxy) is 3. The lowest BCUT2D eigenvalue weighted by atomic mass is 9.87. The summed E-state index contributed by atoms with van der Waals surface area (Å²) in [6.07, 6.45) is 0.760. The van der Waals surface area contributed by atoms with E-state index in [9.17, 15) is 0 Å². The lowest BCUT2D eigenvalue weighted by molar-refractivity contribution is -0.250. The molecule has 5 atom stereocenters. The summed E-state index contributed by atoms with van der Waals surface area (Å²) in [7, 11) is 1.71. The van der Waals surface area contributed by atoms with Gasteiger partial charge in [0.2, 0.25) is 0 Å². The summed E-state index contributed by atoms with van der Waals surface area (Å²) in [6.45, 7) is 5.71. The Morgan fingerprint density at radius 2 is 1.59 bits per heavy atom. The maximum atomic E-state index is 6.42. The molecule has 1 aliphatic rings. The van der Waals surface area contributed by atoms with Gasteiger partial charge in [-0.3, -0.25) is 0 Å².